The molecular formula is C28H24O8. The Labute approximate surface area is 208 Å². The Morgan fingerprint density at radius 3 is 1.72 bits per heavy atom. The molecule has 3 rings (SSSR count). The van der Waals surface area contributed by atoms with Crippen molar-refractivity contribution in [2.45, 2.75) is 0 Å². The molecule has 0 N–H and O–H groups in total. The van der Waals surface area contributed by atoms with E-state index in [9.17, 15) is 14.4 Å². The normalized spacial score (nSPS) is 9.92. The minimum absolute atomic E-state index is 0.0473. The molecule has 0 aliphatic rings. The molecule has 0 aliphatic heterocycles. The summed E-state index contributed by atoms with van der Waals surface area (Å²) in [7, 11) is 7.10. The van der Waals surface area contributed by atoms with E-state index in [1.165, 1.54) is 59.8 Å². The average molecular weight is 488 g/mol. The van der Waals surface area contributed by atoms with Gasteiger partial charge in [-0.05, 0) is 48.5 Å². The molecule has 0 heterocycles. The number of benzene rings is 3. The molecule has 8 heteroatoms. The molecular weight excluding hydrogens is 464 g/mol. The maximum absolute atomic E-state index is 13.3. The van der Waals surface area contributed by atoms with Gasteiger partial charge in [-0.1, -0.05) is 11.8 Å². The van der Waals surface area contributed by atoms with Gasteiger partial charge in [0.05, 0.1) is 41.1 Å². The summed E-state index contributed by atoms with van der Waals surface area (Å²) < 4.78 is 25.8. The SMILES string of the molecule is COC(=O)c1ccc(C#Cc2cc(OC)c(OC)cc2C(=O)C(=O)c2ccc(OC)c(OC)c2)cc1. The van der Waals surface area contributed by atoms with Crippen LogP contribution >= 0.6 is 0 Å². The van der Waals surface area contributed by atoms with E-state index < -0.39 is 17.5 Å². The van der Waals surface area contributed by atoms with E-state index in [4.69, 9.17) is 23.7 Å². The minimum atomic E-state index is -0.784. The van der Waals surface area contributed by atoms with Crippen LogP contribution in [0.4, 0.5) is 0 Å². The summed E-state index contributed by atoms with van der Waals surface area (Å²) in [6.07, 6.45) is 0. The quantitative estimate of drug-likeness (QED) is 0.203. The standard InChI is InChI=1S/C28H24O8/c1-32-22-13-12-20(15-23(22)33-2)26(29)27(30)21-16-25(35-4)24(34-3)14-19(21)11-8-17-6-9-18(10-7-17)28(31)36-5/h6-7,9-10,12-16H,1-5H3. The van der Waals surface area contributed by atoms with E-state index in [1.807, 2.05) is 0 Å². The summed E-state index contributed by atoms with van der Waals surface area (Å²) in [6.45, 7) is 0. The third-order valence-electron chi connectivity index (χ3n) is 5.27. The largest absolute Gasteiger partial charge is 0.493 e. The Kier molecular flexibility index (Phi) is 8.31. The van der Waals surface area contributed by atoms with Gasteiger partial charge in [0, 0.05) is 28.3 Å². The van der Waals surface area contributed by atoms with Crippen LogP contribution in [0.3, 0.4) is 0 Å². The van der Waals surface area contributed by atoms with E-state index in [2.05, 4.69) is 11.8 Å². The lowest BCUT2D eigenvalue weighted by Crippen LogP contribution is -2.16. The Bertz CT molecular complexity index is 1360. The molecule has 0 unspecified atom stereocenters. The van der Waals surface area contributed by atoms with Crippen molar-refractivity contribution in [3.05, 3.63) is 82.4 Å². The first-order valence-electron chi connectivity index (χ1n) is 10.6. The van der Waals surface area contributed by atoms with Crippen LogP contribution in [-0.4, -0.2) is 53.1 Å². The minimum Gasteiger partial charge on any atom is -0.493 e. The van der Waals surface area contributed by atoms with E-state index in [1.54, 1.807) is 30.3 Å². The predicted molar refractivity (Wildman–Crippen MR) is 132 cm³/mol. The monoisotopic (exact) mass is 488 g/mol. The molecule has 184 valence electrons. The van der Waals surface area contributed by atoms with Gasteiger partial charge < -0.3 is 23.7 Å². The van der Waals surface area contributed by atoms with E-state index in [-0.39, 0.29) is 22.4 Å². The van der Waals surface area contributed by atoms with Gasteiger partial charge in [0.1, 0.15) is 0 Å². The predicted octanol–water partition coefficient (Wildman–Crippen LogP) is 3.97. The van der Waals surface area contributed by atoms with Crippen molar-refractivity contribution < 1.29 is 38.1 Å². The lowest BCUT2D eigenvalue weighted by molar-refractivity contribution is 0.0600. The average Bonchev–Trinajstić information content (AvgIpc) is 2.94. The van der Waals surface area contributed by atoms with Crippen molar-refractivity contribution in [2.75, 3.05) is 35.5 Å². The van der Waals surface area contributed by atoms with Crippen LogP contribution in [0.1, 0.15) is 42.2 Å². The molecule has 0 amide bonds. The summed E-state index contributed by atoms with van der Waals surface area (Å²) in [5.41, 5.74) is 1.41. The molecule has 3 aromatic rings. The van der Waals surface area contributed by atoms with Gasteiger partial charge >= 0.3 is 5.97 Å². The van der Waals surface area contributed by atoms with Crippen molar-refractivity contribution in [2.24, 2.45) is 0 Å². The maximum Gasteiger partial charge on any atom is 0.337 e. The Balaban J connectivity index is 2.04. The first-order valence-corrected chi connectivity index (χ1v) is 10.6. The fraction of sp³-hybridized carbons (Fsp3) is 0.179. The number of carbonyl (C=O) groups excluding carboxylic acids is 3. The highest BCUT2D eigenvalue weighted by atomic mass is 16.5. The number of hydrogen-bond acceptors (Lipinski definition) is 8. The summed E-state index contributed by atoms with van der Waals surface area (Å²) >= 11 is 0. The molecule has 0 fully saturated rings. The van der Waals surface area contributed by atoms with Gasteiger partial charge in [0.2, 0.25) is 11.6 Å². The van der Waals surface area contributed by atoms with Crippen molar-refractivity contribution in [3.8, 4) is 34.8 Å². The number of ether oxygens (including phenoxy) is 5. The van der Waals surface area contributed by atoms with Crippen LogP contribution in [0.5, 0.6) is 23.0 Å². The molecule has 0 atom stereocenters. The topological polar surface area (TPSA) is 97.4 Å². The summed E-state index contributed by atoms with van der Waals surface area (Å²) in [5.74, 6) is 5.23. The maximum atomic E-state index is 13.3. The second-order valence-electron chi connectivity index (χ2n) is 7.30. The lowest BCUT2D eigenvalue weighted by Gasteiger charge is -2.12. The van der Waals surface area contributed by atoms with Crippen molar-refractivity contribution in [3.63, 3.8) is 0 Å². The number of ketones is 2. The number of hydrogen-bond donors (Lipinski definition) is 0. The smallest absolute Gasteiger partial charge is 0.337 e. The molecule has 8 nitrogen and oxygen atoms in total. The van der Waals surface area contributed by atoms with Gasteiger partial charge in [-0.15, -0.1) is 0 Å². The zero-order chi connectivity index (χ0) is 26.2. The van der Waals surface area contributed by atoms with Crippen LogP contribution in [0.15, 0.2) is 54.6 Å². The van der Waals surface area contributed by atoms with Gasteiger partial charge in [0.25, 0.3) is 0 Å². The highest BCUT2D eigenvalue weighted by Gasteiger charge is 2.24. The summed E-state index contributed by atoms with van der Waals surface area (Å²) in [4.78, 5) is 38.1. The van der Waals surface area contributed by atoms with Crippen LogP contribution < -0.4 is 18.9 Å². The lowest BCUT2D eigenvalue weighted by atomic mass is 9.96. The van der Waals surface area contributed by atoms with Gasteiger partial charge in [-0.3, -0.25) is 9.59 Å². The van der Waals surface area contributed by atoms with E-state index in [0.29, 0.717) is 28.4 Å². The Morgan fingerprint density at radius 2 is 1.14 bits per heavy atom. The number of methoxy groups -OCH3 is 5. The fourth-order valence-corrected chi connectivity index (χ4v) is 3.35. The molecule has 0 aliphatic carbocycles. The molecule has 0 bridgehead atoms. The second kappa shape index (κ2) is 11.6. The first kappa shape index (κ1) is 25.8. The number of carbonyl (C=O) groups is 3. The number of Topliss-reactive ketones (excluding diaryl/α,β-unsaturated/α-hetero) is 2. The number of esters is 1. The molecule has 3 aromatic carbocycles. The van der Waals surface area contributed by atoms with Crippen molar-refractivity contribution in [1.29, 1.82) is 0 Å². The van der Waals surface area contributed by atoms with Crippen LogP contribution in [-0.2, 0) is 4.74 Å². The van der Waals surface area contributed by atoms with E-state index >= 15 is 0 Å². The van der Waals surface area contributed by atoms with Crippen molar-refractivity contribution in [1.82, 2.24) is 0 Å². The second-order valence-corrected chi connectivity index (χ2v) is 7.30. The highest BCUT2D eigenvalue weighted by Crippen LogP contribution is 2.32. The molecule has 0 aromatic heterocycles. The molecule has 0 spiro atoms. The summed E-state index contributed by atoms with van der Waals surface area (Å²) in [6, 6.07) is 13.9. The third-order valence-corrected chi connectivity index (χ3v) is 5.27. The molecule has 0 radical (unpaired) electrons. The third kappa shape index (κ3) is 5.47. The zero-order valence-electron chi connectivity index (χ0n) is 20.5. The van der Waals surface area contributed by atoms with Crippen LogP contribution in [0.25, 0.3) is 0 Å². The Hall–Kier alpha value is -4.77. The van der Waals surface area contributed by atoms with E-state index in [0.717, 1.165) is 0 Å². The molecule has 36 heavy (non-hydrogen) atoms. The highest BCUT2D eigenvalue weighted by molar-refractivity contribution is 6.49. The van der Waals surface area contributed by atoms with Gasteiger partial charge in [-0.25, -0.2) is 4.79 Å². The number of rotatable bonds is 8. The fourth-order valence-electron chi connectivity index (χ4n) is 3.35. The van der Waals surface area contributed by atoms with Crippen molar-refractivity contribution >= 4 is 17.5 Å². The van der Waals surface area contributed by atoms with Crippen LogP contribution in [0, 0.1) is 11.8 Å². The van der Waals surface area contributed by atoms with Gasteiger partial charge in [-0.2, -0.15) is 0 Å². The van der Waals surface area contributed by atoms with Gasteiger partial charge in [0.15, 0.2) is 23.0 Å². The molecule has 0 saturated carbocycles. The summed E-state index contributed by atoms with van der Waals surface area (Å²) in [5, 5.41) is 0. The first-order chi connectivity index (χ1) is 17.4. The van der Waals surface area contributed by atoms with Crippen LogP contribution in [0.2, 0.25) is 0 Å². The zero-order valence-corrected chi connectivity index (χ0v) is 20.5. The Morgan fingerprint density at radius 1 is 0.583 bits per heavy atom. The molecule has 0 saturated heterocycles.